The Balaban J connectivity index is 2.54. The lowest BCUT2D eigenvalue weighted by Crippen LogP contribution is -2.53. The molecule has 0 fully saturated rings. The SMILES string of the molecule is CCCCCCCN(C(=O)C(CCC(N)=O)NC(=O)OC(C)(C)C)C(C(=O)NCc1ccccc1)c1cccc(C)c1O. The van der Waals surface area contributed by atoms with Crippen LogP contribution < -0.4 is 16.4 Å². The number of aryl methyl sites for hydroxylation is 1. The van der Waals surface area contributed by atoms with Gasteiger partial charge in [-0.2, -0.15) is 0 Å². The molecule has 2 unspecified atom stereocenters. The lowest BCUT2D eigenvalue weighted by atomic mass is 9.98. The summed E-state index contributed by atoms with van der Waals surface area (Å²) in [5.41, 5.74) is 6.25. The van der Waals surface area contributed by atoms with Gasteiger partial charge in [-0.05, 0) is 51.7 Å². The summed E-state index contributed by atoms with van der Waals surface area (Å²) in [6.07, 6.45) is 3.36. The molecule has 5 N–H and O–H groups in total. The second-order valence-corrected chi connectivity index (χ2v) is 11.8. The van der Waals surface area contributed by atoms with Crippen LogP contribution in [-0.4, -0.2) is 52.0 Å². The summed E-state index contributed by atoms with van der Waals surface area (Å²) in [4.78, 5) is 54.1. The average molecular weight is 597 g/mol. The standard InChI is InChI=1S/C33H48N4O6/c1-6-7-8-9-13-21-37(31(41)26(19-20-27(34)38)36-32(42)43-33(3,4)5)28(25-18-14-15-23(2)29(25)39)30(40)35-22-24-16-11-10-12-17-24/h10-12,14-18,26,28,39H,6-9,13,19-22H2,1-5H3,(H2,34,38)(H,35,40)(H,36,42). The predicted octanol–water partition coefficient (Wildman–Crippen LogP) is 5.02. The summed E-state index contributed by atoms with van der Waals surface area (Å²) in [5, 5.41) is 16.6. The Morgan fingerprint density at radius 2 is 1.65 bits per heavy atom. The van der Waals surface area contributed by atoms with E-state index in [1.807, 2.05) is 30.3 Å². The van der Waals surface area contributed by atoms with Crippen LogP contribution in [0.2, 0.25) is 0 Å². The normalized spacial score (nSPS) is 12.6. The largest absolute Gasteiger partial charge is 0.507 e. The van der Waals surface area contributed by atoms with E-state index in [1.165, 1.54) is 4.90 Å². The van der Waals surface area contributed by atoms with Crippen molar-refractivity contribution in [3.05, 3.63) is 65.2 Å². The fourth-order valence-electron chi connectivity index (χ4n) is 4.68. The molecular weight excluding hydrogens is 548 g/mol. The Labute approximate surface area is 255 Å². The number of carbonyl (C=O) groups is 4. The minimum absolute atomic E-state index is 0.0854. The first kappa shape index (κ1) is 35.1. The van der Waals surface area contributed by atoms with Crippen molar-refractivity contribution < 1.29 is 29.0 Å². The van der Waals surface area contributed by atoms with Crippen molar-refractivity contribution in [3.63, 3.8) is 0 Å². The number of hydrogen-bond acceptors (Lipinski definition) is 6. The first-order chi connectivity index (χ1) is 20.3. The summed E-state index contributed by atoms with van der Waals surface area (Å²) in [5.74, 6) is -1.80. The molecule has 0 heterocycles. The van der Waals surface area contributed by atoms with E-state index < -0.39 is 41.5 Å². The number of phenols is 1. The van der Waals surface area contributed by atoms with Crippen molar-refractivity contribution in [2.75, 3.05) is 6.54 Å². The van der Waals surface area contributed by atoms with Crippen molar-refractivity contribution in [3.8, 4) is 5.75 Å². The number of rotatable bonds is 16. The van der Waals surface area contributed by atoms with Gasteiger partial charge in [0.25, 0.3) is 0 Å². The van der Waals surface area contributed by atoms with Gasteiger partial charge in [0.05, 0.1) is 0 Å². The van der Waals surface area contributed by atoms with Gasteiger partial charge in [0.1, 0.15) is 23.4 Å². The summed E-state index contributed by atoms with van der Waals surface area (Å²) >= 11 is 0. The second-order valence-electron chi connectivity index (χ2n) is 11.8. The molecule has 0 radical (unpaired) electrons. The Hall–Kier alpha value is -4.08. The molecule has 43 heavy (non-hydrogen) atoms. The highest BCUT2D eigenvalue weighted by Gasteiger charge is 2.37. The third kappa shape index (κ3) is 12.0. The van der Waals surface area contributed by atoms with E-state index in [1.54, 1.807) is 45.9 Å². The summed E-state index contributed by atoms with van der Waals surface area (Å²) in [7, 11) is 0. The number of nitrogens with two attached hydrogens (primary N) is 1. The number of ether oxygens (including phenoxy) is 1. The van der Waals surface area contributed by atoms with E-state index in [-0.39, 0.29) is 37.2 Å². The molecule has 0 aliphatic heterocycles. The van der Waals surface area contributed by atoms with E-state index in [0.29, 0.717) is 12.0 Å². The highest BCUT2D eigenvalue weighted by atomic mass is 16.6. The monoisotopic (exact) mass is 596 g/mol. The first-order valence-electron chi connectivity index (χ1n) is 15.0. The van der Waals surface area contributed by atoms with Gasteiger partial charge >= 0.3 is 6.09 Å². The molecule has 0 aliphatic rings. The van der Waals surface area contributed by atoms with Crippen LogP contribution in [0.25, 0.3) is 0 Å². The van der Waals surface area contributed by atoms with Crippen LogP contribution >= 0.6 is 0 Å². The number of aromatic hydroxyl groups is 1. The van der Waals surface area contributed by atoms with Gasteiger partial charge < -0.3 is 31.1 Å². The zero-order chi connectivity index (χ0) is 32.0. The maximum atomic E-state index is 14.3. The molecule has 0 saturated carbocycles. The number of unbranched alkanes of at least 4 members (excludes halogenated alkanes) is 4. The van der Waals surface area contributed by atoms with Crippen molar-refractivity contribution >= 4 is 23.8 Å². The molecule has 2 rings (SSSR count). The number of amides is 4. The number of para-hydroxylation sites is 1. The van der Waals surface area contributed by atoms with Crippen LogP contribution in [0.4, 0.5) is 4.79 Å². The molecule has 2 aromatic rings. The van der Waals surface area contributed by atoms with Gasteiger partial charge in [0.15, 0.2) is 0 Å². The third-order valence-corrected chi connectivity index (χ3v) is 6.89. The molecule has 0 spiro atoms. The molecule has 2 aromatic carbocycles. The van der Waals surface area contributed by atoms with E-state index in [4.69, 9.17) is 10.5 Å². The molecule has 2 atom stereocenters. The number of carbonyl (C=O) groups excluding carboxylic acids is 4. The lowest BCUT2D eigenvalue weighted by molar-refractivity contribution is -0.143. The minimum atomic E-state index is -1.21. The van der Waals surface area contributed by atoms with E-state index in [2.05, 4.69) is 17.6 Å². The van der Waals surface area contributed by atoms with Crippen molar-refractivity contribution in [1.29, 1.82) is 0 Å². The van der Waals surface area contributed by atoms with Crippen LogP contribution in [0, 0.1) is 6.92 Å². The molecule has 0 aromatic heterocycles. The fourth-order valence-corrected chi connectivity index (χ4v) is 4.68. The van der Waals surface area contributed by atoms with Crippen LogP contribution in [0.5, 0.6) is 5.75 Å². The van der Waals surface area contributed by atoms with Gasteiger partial charge in [-0.15, -0.1) is 0 Å². The number of alkyl carbamates (subject to hydrolysis) is 1. The number of nitrogens with one attached hydrogen (secondary N) is 2. The van der Waals surface area contributed by atoms with E-state index in [9.17, 15) is 24.3 Å². The highest BCUT2D eigenvalue weighted by molar-refractivity contribution is 5.93. The number of nitrogens with zero attached hydrogens (tertiary/aromatic N) is 1. The van der Waals surface area contributed by atoms with Crippen molar-refractivity contribution in [2.24, 2.45) is 5.73 Å². The Morgan fingerprint density at radius 1 is 0.977 bits per heavy atom. The van der Waals surface area contributed by atoms with Crippen molar-refractivity contribution in [2.45, 2.75) is 104 Å². The highest BCUT2D eigenvalue weighted by Crippen LogP contribution is 2.33. The molecule has 10 nitrogen and oxygen atoms in total. The molecule has 10 heteroatoms. The number of phenolic OH excluding ortho intramolecular Hbond substituents is 1. The summed E-state index contributed by atoms with van der Waals surface area (Å²) < 4.78 is 5.39. The van der Waals surface area contributed by atoms with Crippen molar-refractivity contribution in [1.82, 2.24) is 15.5 Å². The molecule has 236 valence electrons. The van der Waals surface area contributed by atoms with Crippen LogP contribution in [-0.2, 0) is 25.7 Å². The average Bonchev–Trinajstić information content (AvgIpc) is 2.94. The zero-order valence-electron chi connectivity index (χ0n) is 26.2. The van der Waals surface area contributed by atoms with Crippen LogP contribution in [0.3, 0.4) is 0 Å². The fraction of sp³-hybridized carbons (Fsp3) is 0.515. The summed E-state index contributed by atoms with van der Waals surface area (Å²) in [6.45, 7) is 9.31. The molecule has 0 aliphatic carbocycles. The van der Waals surface area contributed by atoms with Crippen LogP contribution in [0.1, 0.15) is 95.4 Å². The topological polar surface area (TPSA) is 151 Å². The Morgan fingerprint density at radius 3 is 2.28 bits per heavy atom. The lowest BCUT2D eigenvalue weighted by Gasteiger charge is -2.35. The molecule has 0 bridgehead atoms. The zero-order valence-corrected chi connectivity index (χ0v) is 26.2. The van der Waals surface area contributed by atoms with Gasteiger partial charge in [-0.25, -0.2) is 4.79 Å². The van der Waals surface area contributed by atoms with Gasteiger partial charge in [0.2, 0.25) is 17.7 Å². The number of hydrogen-bond donors (Lipinski definition) is 4. The minimum Gasteiger partial charge on any atom is -0.507 e. The van der Waals surface area contributed by atoms with E-state index >= 15 is 0 Å². The van der Waals surface area contributed by atoms with Gasteiger partial charge in [-0.1, -0.05) is 81.1 Å². The maximum absolute atomic E-state index is 14.3. The second kappa shape index (κ2) is 17.1. The van der Waals surface area contributed by atoms with E-state index in [0.717, 1.165) is 31.2 Å². The molecule has 4 amide bonds. The quantitative estimate of drug-likeness (QED) is 0.200. The van der Waals surface area contributed by atoms with Gasteiger partial charge in [-0.3, -0.25) is 14.4 Å². The molecular formula is C33H48N4O6. The smallest absolute Gasteiger partial charge is 0.408 e. The number of primary amides is 1. The Kier molecular flexibility index (Phi) is 14.0. The third-order valence-electron chi connectivity index (χ3n) is 6.89. The summed E-state index contributed by atoms with van der Waals surface area (Å²) in [6, 6.07) is 12.0. The van der Waals surface area contributed by atoms with Gasteiger partial charge in [0, 0.05) is 25.1 Å². The Bertz CT molecular complexity index is 1210. The maximum Gasteiger partial charge on any atom is 0.408 e. The number of benzene rings is 2. The molecule has 0 saturated heterocycles. The first-order valence-corrected chi connectivity index (χ1v) is 15.0. The predicted molar refractivity (Wildman–Crippen MR) is 166 cm³/mol. The van der Waals surface area contributed by atoms with Crippen LogP contribution in [0.15, 0.2) is 48.5 Å².